The van der Waals surface area contributed by atoms with Crippen molar-refractivity contribution in [2.45, 2.75) is 77.6 Å². The highest BCUT2D eigenvalue weighted by Crippen LogP contribution is 2.37. The molecule has 0 bridgehead atoms. The number of morpholine rings is 1. The summed E-state index contributed by atoms with van der Waals surface area (Å²) in [7, 11) is -15.0. The Hall–Kier alpha value is -4.03. The van der Waals surface area contributed by atoms with E-state index in [0.717, 1.165) is 12.1 Å². The van der Waals surface area contributed by atoms with Crippen molar-refractivity contribution in [2.75, 3.05) is 61.7 Å². The number of nitrogens with one attached hydrogen (secondary N) is 2. The van der Waals surface area contributed by atoms with Gasteiger partial charge < -0.3 is 20.1 Å². The number of rotatable bonds is 13. The summed E-state index contributed by atoms with van der Waals surface area (Å²) in [5, 5.41) is 20.2. The van der Waals surface area contributed by atoms with Crippen molar-refractivity contribution in [2.24, 2.45) is 0 Å². The summed E-state index contributed by atoms with van der Waals surface area (Å²) in [6.45, 7) is 5.40. The number of carbonyl (C=O) groups is 1. The molecule has 1 amide bonds. The Bertz CT molecular complexity index is 2220. The van der Waals surface area contributed by atoms with Crippen molar-refractivity contribution in [3.05, 3.63) is 54.4 Å². The van der Waals surface area contributed by atoms with Crippen LogP contribution in [-0.4, -0.2) is 141 Å². The molecule has 3 atom stereocenters. The van der Waals surface area contributed by atoms with E-state index in [2.05, 4.69) is 25.1 Å². The van der Waals surface area contributed by atoms with Gasteiger partial charge in [0.1, 0.15) is 10.7 Å². The molecule has 3 aliphatic rings. The van der Waals surface area contributed by atoms with Crippen LogP contribution in [0, 0.1) is 0 Å². The number of alkyl halides is 3. The van der Waals surface area contributed by atoms with E-state index in [1.807, 2.05) is 11.8 Å². The van der Waals surface area contributed by atoms with E-state index >= 15 is 0 Å². The first-order valence-electron chi connectivity index (χ1n) is 17.8. The number of halogens is 3. The maximum absolute atomic E-state index is 14.1. The number of amides is 1. The van der Waals surface area contributed by atoms with Crippen LogP contribution in [0.5, 0.6) is 0 Å². The predicted octanol–water partition coefficient (Wildman–Crippen LogP) is 2.70. The van der Waals surface area contributed by atoms with E-state index < -0.39 is 68.6 Å². The molecule has 1 aromatic heterocycles. The quantitative estimate of drug-likeness (QED) is 0.226. The van der Waals surface area contributed by atoms with Gasteiger partial charge in [0.2, 0.25) is 5.95 Å². The second kappa shape index (κ2) is 16.4. The van der Waals surface area contributed by atoms with Crippen LogP contribution in [0.1, 0.15) is 32.0 Å². The summed E-state index contributed by atoms with van der Waals surface area (Å²) in [5.74, 6) is -0.439. The maximum atomic E-state index is 14.1. The third kappa shape index (κ3) is 9.23. The van der Waals surface area contributed by atoms with Crippen molar-refractivity contribution in [3.63, 3.8) is 0 Å². The molecule has 4 heterocycles. The van der Waals surface area contributed by atoms with Gasteiger partial charge >= 0.3 is 11.6 Å². The molecule has 6 rings (SSSR count). The third-order valence-electron chi connectivity index (χ3n) is 10.3. The molecule has 56 heavy (non-hydrogen) atoms. The van der Waals surface area contributed by atoms with Crippen molar-refractivity contribution < 1.29 is 53.1 Å². The Labute approximate surface area is 322 Å². The number of piperidine rings is 1. The fraction of sp³-hybridized carbons (Fsp3) is 0.545. The lowest BCUT2D eigenvalue weighted by Crippen LogP contribution is -2.52. The van der Waals surface area contributed by atoms with Gasteiger partial charge in [0.15, 0.2) is 9.84 Å². The Morgan fingerprint density at radius 2 is 1.68 bits per heavy atom. The molecular weight excluding hydrogens is 806 g/mol. The zero-order valence-electron chi connectivity index (χ0n) is 30.3. The van der Waals surface area contributed by atoms with Gasteiger partial charge in [0.05, 0.1) is 41.0 Å². The summed E-state index contributed by atoms with van der Waals surface area (Å²) < 4.78 is 132. The van der Waals surface area contributed by atoms with Crippen LogP contribution in [0.3, 0.4) is 0 Å². The smallest absolute Gasteiger partial charge is 0.465 e. The average Bonchev–Trinajstić information content (AvgIpc) is 3.54. The number of carboxylic acid groups (broad SMARTS) is 1. The molecule has 3 N–H and O–H groups in total. The largest absolute Gasteiger partial charge is 0.501 e. The van der Waals surface area contributed by atoms with Gasteiger partial charge in [-0.2, -0.15) is 13.2 Å². The molecule has 2 unspecified atom stereocenters. The molecule has 23 heteroatoms. The van der Waals surface area contributed by atoms with Crippen LogP contribution in [-0.2, 0) is 47.5 Å². The van der Waals surface area contributed by atoms with Crippen molar-refractivity contribution >= 4 is 47.4 Å². The highest BCUT2D eigenvalue weighted by Gasteiger charge is 2.48. The predicted molar refractivity (Wildman–Crippen MR) is 196 cm³/mol. The van der Waals surface area contributed by atoms with Gasteiger partial charge in [0.25, 0.3) is 19.9 Å². The minimum absolute atomic E-state index is 0.0344. The Morgan fingerprint density at radius 1 is 0.964 bits per heavy atom. The van der Waals surface area contributed by atoms with Crippen molar-refractivity contribution in [3.8, 4) is 0 Å². The summed E-state index contributed by atoms with van der Waals surface area (Å²) in [4.78, 5) is 14.7. The highest BCUT2D eigenvalue weighted by atomic mass is 32.2. The zero-order valence-corrected chi connectivity index (χ0v) is 32.7. The van der Waals surface area contributed by atoms with E-state index in [9.17, 15) is 48.3 Å². The lowest BCUT2D eigenvalue weighted by Gasteiger charge is -2.42. The van der Waals surface area contributed by atoms with Gasteiger partial charge in [-0.1, -0.05) is 18.2 Å². The first-order chi connectivity index (χ1) is 26.4. The standard InChI is InChI=1S/C33H43F3N8O9S3/c1-23-19-25(10-12-43(23)32(45)46)42-13-14-44-30(21-42)38-39-31(44)40-56(51,52)27-7-8-28(29(20-27)55(49,50)33(34,35)36)37-24(9-11-41-15-17-53-18-16-41)22-54(47,48)26-5-3-2-4-6-26/h2-8,20,23-25,37H,9-19,21-22H2,1H3,(H,39,40)(H,45,46)/t23?,24-,25?/m1/s1. The minimum atomic E-state index is -6.18. The molecule has 17 nitrogen and oxygen atoms in total. The number of aromatic nitrogens is 3. The van der Waals surface area contributed by atoms with E-state index in [1.54, 1.807) is 6.07 Å². The van der Waals surface area contributed by atoms with Gasteiger partial charge in [-0.15, -0.1) is 10.2 Å². The number of hydrogen-bond donors (Lipinski definition) is 3. The van der Waals surface area contributed by atoms with Gasteiger partial charge in [0, 0.05) is 57.4 Å². The number of fused-ring (bicyclic) bond motifs is 1. The van der Waals surface area contributed by atoms with E-state index in [4.69, 9.17) is 4.74 Å². The molecule has 0 saturated carbocycles. The number of sulfone groups is 2. The van der Waals surface area contributed by atoms with E-state index in [0.29, 0.717) is 70.7 Å². The summed E-state index contributed by atoms with van der Waals surface area (Å²) in [5.41, 5.74) is -6.46. The third-order valence-corrected chi connectivity index (χ3v) is 14.9. The molecular formula is C33H43F3N8O9S3. The molecule has 3 aromatic rings. The van der Waals surface area contributed by atoms with E-state index in [-0.39, 0.29) is 42.4 Å². The van der Waals surface area contributed by atoms with Gasteiger partial charge in [-0.05, 0) is 56.5 Å². The van der Waals surface area contributed by atoms with E-state index in [1.165, 1.54) is 33.7 Å². The second-order valence-electron chi connectivity index (χ2n) is 14.0. The minimum Gasteiger partial charge on any atom is -0.465 e. The van der Waals surface area contributed by atoms with Crippen LogP contribution < -0.4 is 10.0 Å². The van der Waals surface area contributed by atoms with Crippen LogP contribution in [0.2, 0.25) is 0 Å². The normalized spacial score (nSPS) is 21.0. The fourth-order valence-electron chi connectivity index (χ4n) is 7.21. The Balaban J connectivity index is 1.25. The summed E-state index contributed by atoms with van der Waals surface area (Å²) >= 11 is 0. The van der Waals surface area contributed by atoms with Gasteiger partial charge in [-0.25, -0.2) is 34.8 Å². The monoisotopic (exact) mass is 848 g/mol. The first-order valence-corrected chi connectivity index (χ1v) is 22.5. The van der Waals surface area contributed by atoms with Crippen LogP contribution in [0.15, 0.2) is 63.2 Å². The fourth-order valence-corrected chi connectivity index (χ4v) is 10.8. The maximum Gasteiger partial charge on any atom is 0.501 e. The van der Waals surface area contributed by atoms with Crippen LogP contribution in [0.25, 0.3) is 0 Å². The zero-order chi connectivity index (χ0) is 40.5. The van der Waals surface area contributed by atoms with Crippen LogP contribution in [0.4, 0.5) is 29.6 Å². The molecule has 2 fully saturated rings. The van der Waals surface area contributed by atoms with Gasteiger partial charge in [-0.3, -0.25) is 14.4 Å². The van der Waals surface area contributed by atoms with Crippen molar-refractivity contribution in [1.82, 2.24) is 29.5 Å². The number of anilines is 2. The molecule has 2 saturated heterocycles. The number of benzene rings is 2. The Morgan fingerprint density at radius 3 is 2.34 bits per heavy atom. The number of ether oxygens (including phenoxy) is 1. The SMILES string of the molecule is CC1CC(N2CCn3c(nnc3NS(=O)(=O)c3ccc(N[C@H](CCN4CCOCC4)CS(=O)(=O)c4ccccc4)c(S(=O)(=O)C(F)(F)F)c3)C2)CCN1C(=O)O. The van der Waals surface area contributed by atoms with Crippen LogP contribution >= 0.6 is 0 Å². The first kappa shape index (κ1) is 41.6. The molecule has 0 spiro atoms. The lowest BCUT2D eigenvalue weighted by atomic mass is 9.96. The molecule has 2 aromatic carbocycles. The number of likely N-dealkylation sites (tertiary alicyclic amines) is 1. The average molecular weight is 849 g/mol. The Kier molecular flexibility index (Phi) is 12.2. The summed E-state index contributed by atoms with van der Waals surface area (Å²) in [6, 6.07) is 8.33. The number of hydrogen-bond acceptors (Lipinski definition) is 13. The second-order valence-corrected chi connectivity index (χ2v) is 19.6. The molecule has 0 aliphatic carbocycles. The number of nitrogens with zero attached hydrogens (tertiary/aromatic N) is 6. The number of sulfonamides is 1. The molecule has 3 aliphatic heterocycles. The topological polar surface area (TPSA) is 213 Å². The highest BCUT2D eigenvalue weighted by molar-refractivity contribution is 7.93. The van der Waals surface area contributed by atoms with Crippen molar-refractivity contribution in [1.29, 1.82) is 0 Å². The molecule has 308 valence electrons. The summed E-state index contributed by atoms with van der Waals surface area (Å²) in [6.07, 6.45) is 0.272. The molecule has 0 radical (unpaired) electrons. The lowest BCUT2D eigenvalue weighted by molar-refractivity contribution is -0.0435.